The van der Waals surface area contributed by atoms with Crippen LogP contribution in [-0.4, -0.2) is 19.3 Å². The van der Waals surface area contributed by atoms with Gasteiger partial charge in [0, 0.05) is 6.04 Å². The highest BCUT2D eigenvalue weighted by Gasteiger charge is 2.12. The molecule has 0 spiro atoms. The summed E-state index contributed by atoms with van der Waals surface area (Å²) in [4.78, 5) is 0. The van der Waals surface area contributed by atoms with Crippen molar-refractivity contribution >= 4 is 0 Å². The lowest BCUT2D eigenvalue weighted by Gasteiger charge is -2.19. The molecule has 0 aliphatic carbocycles. The molecule has 0 heterocycles. The van der Waals surface area contributed by atoms with E-state index in [9.17, 15) is 0 Å². The van der Waals surface area contributed by atoms with Gasteiger partial charge in [-0.05, 0) is 49.9 Å². The summed E-state index contributed by atoms with van der Waals surface area (Å²) in [5.74, 6) is 1.78. The molecule has 1 rings (SSSR count). The molecule has 1 aromatic rings. The van der Waals surface area contributed by atoms with Crippen LogP contribution in [0.3, 0.4) is 0 Å². The number of hydrogen-bond acceptors (Lipinski definition) is 3. The van der Waals surface area contributed by atoms with Crippen molar-refractivity contribution < 1.29 is 9.47 Å². The van der Waals surface area contributed by atoms with E-state index in [-0.39, 0.29) is 12.1 Å². The van der Waals surface area contributed by atoms with Gasteiger partial charge in [0.05, 0.1) is 13.2 Å². The summed E-state index contributed by atoms with van der Waals surface area (Å²) in [5.41, 5.74) is 7.01. The molecule has 0 fully saturated rings. The molecule has 0 bridgehead atoms. The van der Waals surface area contributed by atoms with Crippen LogP contribution in [-0.2, 0) is 6.42 Å². The van der Waals surface area contributed by atoms with Crippen molar-refractivity contribution in [2.75, 3.05) is 7.11 Å². The maximum Gasteiger partial charge on any atom is 0.123 e. The smallest absolute Gasteiger partial charge is 0.123 e. The van der Waals surface area contributed by atoms with Gasteiger partial charge in [0.25, 0.3) is 0 Å². The van der Waals surface area contributed by atoms with E-state index in [4.69, 9.17) is 15.2 Å². The first kappa shape index (κ1) is 14.8. The molecule has 1 unspecified atom stereocenters. The van der Waals surface area contributed by atoms with Gasteiger partial charge < -0.3 is 15.2 Å². The number of hydrogen-bond donors (Lipinski definition) is 1. The molecule has 0 aliphatic heterocycles. The summed E-state index contributed by atoms with van der Waals surface area (Å²) in [5, 5.41) is 0. The number of methoxy groups -OCH3 is 1. The quantitative estimate of drug-likeness (QED) is 0.809. The van der Waals surface area contributed by atoms with Crippen LogP contribution >= 0.6 is 0 Å². The predicted octanol–water partition coefficient (Wildman–Crippen LogP) is 3.15. The van der Waals surface area contributed by atoms with Gasteiger partial charge in [-0.25, -0.2) is 0 Å². The largest absolute Gasteiger partial charge is 0.497 e. The number of ether oxygens (including phenoxy) is 2. The van der Waals surface area contributed by atoms with Crippen molar-refractivity contribution in [2.24, 2.45) is 5.73 Å². The minimum absolute atomic E-state index is 0.112. The maximum absolute atomic E-state index is 6.03. The average molecular weight is 251 g/mol. The molecule has 0 saturated heterocycles. The first-order valence-electron chi connectivity index (χ1n) is 6.69. The summed E-state index contributed by atoms with van der Waals surface area (Å²) in [6.07, 6.45) is 3.10. The minimum Gasteiger partial charge on any atom is -0.497 e. The highest BCUT2D eigenvalue weighted by atomic mass is 16.5. The Kier molecular flexibility index (Phi) is 5.99. The van der Waals surface area contributed by atoms with Crippen molar-refractivity contribution in [3.8, 4) is 11.5 Å². The summed E-state index contributed by atoms with van der Waals surface area (Å²) >= 11 is 0. The normalized spacial score (nSPS) is 12.6. The van der Waals surface area contributed by atoms with Gasteiger partial charge in [0.2, 0.25) is 0 Å². The third-order valence-electron chi connectivity index (χ3n) is 3.01. The van der Waals surface area contributed by atoms with Crippen LogP contribution in [0.4, 0.5) is 0 Å². The summed E-state index contributed by atoms with van der Waals surface area (Å²) in [7, 11) is 1.67. The molecular weight excluding hydrogens is 226 g/mol. The molecule has 0 aromatic heterocycles. The lowest BCUT2D eigenvalue weighted by molar-refractivity contribution is 0.190. The maximum atomic E-state index is 6.03. The Labute approximate surface area is 110 Å². The van der Waals surface area contributed by atoms with Crippen molar-refractivity contribution in [2.45, 2.75) is 52.2 Å². The predicted molar refractivity (Wildman–Crippen MR) is 75.3 cm³/mol. The van der Waals surface area contributed by atoms with E-state index in [1.807, 2.05) is 25.1 Å². The Morgan fingerprint density at radius 2 is 1.89 bits per heavy atom. The summed E-state index contributed by atoms with van der Waals surface area (Å²) < 4.78 is 11.3. The fourth-order valence-electron chi connectivity index (χ4n) is 1.94. The van der Waals surface area contributed by atoms with E-state index in [1.165, 1.54) is 0 Å². The van der Waals surface area contributed by atoms with Crippen LogP contribution in [0.5, 0.6) is 11.5 Å². The van der Waals surface area contributed by atoms with Crippen molar-refractivity contribution in [1.29, 1.82) is 0 Å². The SMILES string of the molecule is CCC(CC)Oc1ccc(OC)cc1CC(C)N. The van der Waals surface area contributed by atoms with E-state index in [0.717, 1.165) is 36.3 Å². The van der Waals surface area contributed by atoms with Gasteiger partial charge in [-0.3, -0.25) is 0 Å². The Bertz CT molecular complexity index is 360. The fraction of sp³-hybridized carbons (Fsp3) is 0.600. The van der Waals surface area contributed by atoms with Crippen LogP contribution in [0.1, 0.15) is 39.2 Å². The molecule has 3 nitrogen and oxygen atoms in total. The lowest BCUT2D eigenvalue weighted by atomic mass is 10.1. The summed E-state index contributed by atoms with van der Waals surface area (Å²) in [6.45, 7) is 6.28. The molecule has 0 radical (unpaired) electrons. The molecule has 2 N–H and O–H groups in total. The Balaban J connectivity index is 2.93. The average Bonchev–Trinajstić information content (AvgIpc) is 2.36. The third-order valence-corrected chi connectivity index (χ3v) is 3.01. The van der Waals surface area contributed by atoms with Crippen LogP contribution in [0.15, 0.2) is 18.2 Å². The van der Waals surface area contributed by atoms with Crippen LogP contribution in [0.2, 0.25) is 0 Å². The lowest BCUT2D eigenvalue weighted by Crippen LogP contribution is -2.20. The van der Waals surface area contributed by atoms with Gasteiger partial charge in [-0.2, -0.15) is 0 Å². The standard InChI is InChI=1S/C15H25NO2/c1-5-13(6-2)18-15-8-7-14(17-4)10-12(15)9-11(3)16/h7-8,10-11,13H,5-6,9,16H2,1-4H3. The second-order valence-electron chi connectivity index (χ2n) is 4.71. The van der Waals surface area contributed by atoms with E-state index in [0.29, 0.717) is 0 Å². The van der Waals surface area contributed by atoms with E-state index in [2.05, 4.69) is 13.8 Å². The molecule has 1 aromatic carbocycles. The minimum atomic E-state index is 0.112. The Morgan fingerprint density at radius 1 is 1.22 bits per heavy atom. The number of nitrogens with two attached hydrogens (primary N) is 1. The van der Waals surface area contributed by atoms with Crippen molar-refractivity contribution in [3.63, 3.8) is 0 Å². The van der Waals surface area contributed by atoms with E-state index < -0.39 is 0 Å². The van der Waals surface area contributed by atoms with Crippen LogP contribution < -0.4 is 15.2 Å². The van der Waals surface area contributed by atoms with E-state index >= 15 is 0 Å². The molecule has 18 heavy (non-hydrogen) atoms. The fourth-order valence-corrected chi connectivity index (χ4v) is 1.94. The topological polar surface area (TPSA) is 44.5 Å². The first-order valence-corrected chi connectivity index (χ1v) is 6.69. The summed E-state index contributed by atoms with van der Waals surface area (Å²) in [6, 6.07) is 6.04. The van der Waals surface area contributed by atoms with Gasteiger partial charge in [-0.15, -0.1) is 0 Å². The Morgan fingerprint density at radius 3 is 2.39 bits per heavy atom. The third kappa shape index (κ3) is 4.22. The zero-order valence-corrected chi connectivity index (χ0v) is 11.9. The molecule has 3 heteroatoms. The molecule has 102 valence electrons. The van der Waals surface area contributed by atoms with Crippen LogP contribution in [0, 0.1) is 0 Å². The van der Waals surface area contributed by atoms with Crippen molar-refractivity contribution in [3.05, 3.63) is 23.8 Å². The highest BCUT2D eigenvalue weighted by Crippen LogP contribution is 2.27. The van der Waals surface area contributed by atoms with Crippen LogP contribution in [0.25, 0.3) is 0 Å². The highest BCUT2D eigenvalue weighted by molar-refractivity contribution is 5.41. The zero-order valence-electron chi connectivity index (χ0n) is 11.9. The molecule has 1 atom stereocenters. The number of rotatable bonds is 7. The van der Waals surface area contributed by atoms with Crippen molar-refractivity contribution in [1.82, 2.24) is 0 Å². The Hall–Kier alpha value is -1.22. The number of benzene rings is 1. The van der Waals surface area contributed by atoms with Gasteiger partial charge >= 0.3 is 0 Å². The molecule has 0 amide bonds. The monoisotopic (exact) mass is 251 g/mol. The second kappa shape index (κ2) is 7.27. The van der Waals surface area contributed by atoms with E-state index in [1.54, 1.807) is 7.11 Å². The first-order chi connectivity index (χ1) is 8.60. The zero-order chi connectivity index (χ0) is 13.5. The second-order valence-corrected chi connectivity index (χ2v) is 4.71. The van der Waals surface area contributed by atoms with Gasteiger partial charge in [0.15, 0.2) is 0 Å². The van der Waals surface area contributed by atoms with Gasteiger partial charge in [-0.1, -0.05) is 13.8 Å². The molecule has 0 saturated carbocycles. The van der Waals surface area contributed by atoms with Gasteiger partial charge in [0.1, 0.15) is 11.5 Å². The molecule has 0 aliphatic rings. The molecular formula is C15H25NO2.